The van der Waals surface area contributed by atoms with Crippen molar-refractivity contribution in [2.75, 3.05) is 12.4 Å². The van der Waals surface area contributed by atoms with Crippen molar-refractivity contribution >= 4 is 10.1 Å². The molecule has 1 heterocycles. The van der Waals surface area contributed by atoms with Gasteiger partial charge in [-0.05, 0) is 55.7 Å². The molecule has 1 aliphatic heterocycles. The van der Waals surface area contributed by atoms with Crippen LogP contribution in [0, 0.1) is 0 Å². The predicted octanol–water partition coefficient (Wildman–Crippen LogP) is 4.01. The maximum absolute atomic E-state index is 12.2. The van der Waals surface area contributed by atoms with Crippen LogP contribution >= 0.6 is 0 Å². The van der Waals surface area contributed by atoms with Crippen molar-refractivity contribution in [3.63, 3.8) is 0 Å². The van der Waals surface area contributed by atoms with Gasteiger partial charge in [-0.2, -0.15) is 8.42 Å². The van der Waals surface area contributed by atoms with Gasteiger partial charge in [0.05, 0.1) is 6.10 Å². The van der Waals surface area contributed by atoms with E-state index in [1.807, 2.05) is 12.1 Å². The first-order chi connectivity index (χ1) is 11.1. The Kier molecular flexibility index (Phi) is 5.59. The molecule has 0 aromatic heterocycles. The molecule has 0 spiro atoms. The van der Waals surface area contributed by atoms with Gasteiger partial charge in [0.2, 0.25) is 0 Å². The van der Waals surface area contributed by atoms with E-state index in [-0.39, 0.29) is 11.9 Å². The van der Waals surface area contributed by atoms with E-state index in [2.05, 4.69) is 0 Å². The van der Waals surface area contributed by atoms with E-state index in [1.165, 1.54) is 37.7 Å². The summed E-state index contributed by atoms with van der Waals surface area (Å²) >= 11 is 0. The van der Waals surface area contributed by atoms with E-state index in [1.54, 1.807) is 12.1 Å². The summed E-state index contributed by atoms with van der Waals surface area (Å²) in [5, 5.41) is 0. The number of benzene rings is 1. The zero-order valence-electron chi connectivity index (χ0n) is 13.6. The van der Waals surface area contributed by atoms with Crippen molar-refractivity contribution in [1.29, 1.82) is 0 Å². The van der Waals surface area contributed by atoms with E-state index in [9.17, 15) is 8.42 Å². The van der Waals surface area contributed by atoms with Crippen LogP contribution in [0.3, 0.4) is 0 Å². The second kappa shape index (κ2) is 7.67. The molecule has 1 saturated carbocycles. The molecule has 1 aromatic carbocycles. The van der Waals surface area contributed by atoms with E-state index in [0.717, 1.165) is 19.3 Å². The lowest BCUT2D eigenvalue weighted by atomic mass is 9.84. The largest absolute Gasteiger partial charge is 0.382 e. The minimum absolute atomic E-state index is 0.0582. The Labute approximate surface area is 139 Å². The second-order valence-corrected chi connectivity index (χ2v) is 8.32. The molecule has 128 valence electrons. The number of hydrogen-bond donors (Lipinski definition) is 0. The number of rotatable bonds is 5. The molecule has 23 heavy (non-hydrogen) atoms. The zero-order valence-corrected chi connectivity index (χ0v) is 14.4. The molecule has 5 heteroatoms. The van der Waals surface area contributed by atoms with Gasteiger partial charge >= 0.3 is 10.1 Å². The highest BCUT2D eigenvalue weighted by molar-refractivity contribution is 7.87. The zero-order chi connectivity index (χ0) is 16.1. The summed E-state index contributed by atoms with van der Waals surface area (Å²) in [5.74, 6) is 0.961. The topological polar surface area (TPSA) is 52.6 Å². The Morgan fingerprint density at radius 1 is 0.957 bits per heavy atom. The molecule has 1 saturated heterocycles. The summed E-state index contributed by atoms with van der Waals surface area (Å²) in [6, 6.07) is 7.59. The molecule has 0 radical (unpaired) electrons. The molecule has 4 nitrogen and oxygen atoms in total. The van der Waals surface area contributed by atoms with E-state index < -0.39 is 10.1 Å². The van der Waals surface area contributed by atoms with E-state index in [4.69, 9.17) is 8.92 Å². The summed E-state index contributed by atoms with van der Waals surface area (Å²) in [6.45, 7) is 0.649. The van der Waals surface area contributed by atoms with Gasteiger partial charge in [0.1, 0.15) is 11.5 Å². The molecule has 2 aliphatic rings. The lowest BCUT2D eigenvalue weighted by Crippen LogP contribution is -2.29. The molecule has 3 rings (SSSR count). The monoisotopic (exact) mass is 338 g/mol. The van der Waals surface area contributed by atoms with Gasteiger partial charge in [0.25, 0.3) is 0 Å². The molecule has 1 aromatic rings. The Morgan fingerprint density at radius 2 is 1.65 bits per heavy atom. The number of hydrogen-bond acceptors (Lipinski definition) is 4. The van der Waals surface area contributed by atoms with Gasteiger partial charge in [-0.1, -0.05) is 31.4 Å². The van der Waals surface area contributed by atoms with Crippen LogP contribution in [0.25, 0.3) is 0 Å². The van der Waals surface area contributed by atoms with Crippen molar-refractivity contribution in [3.05, 3.63) is 29.8 Å². The van der Waals surface area contributed by atoms with Crippen molar-refractivity contribution in [1.82, 2.24) is 0 Å². The minimum atomic E-state index is -3.60. The SMILES string of the molecule is O=S(=O)(C[C@H]1CCCCO1)Oc1ccc(C2CCCCC2)cc1. The molecule has 0 N–H and O–H groups in total. The maximum Gasteiger partial charge on any atom is 0.311 e. The fourth-order valence-corrected chi connectivity index (χ4v) is 4.77. The highest BCUT2D eigenvalue weighted by Gasteiger charge is 2.24. The Balaban J connectivity index is 1.58. The van der Waals surface area contributed by atoms with Crippen LogP contribution in [0.4, 0.5) is 0 Å². The summed E-state index contributed by atoms with van der Waals surface area (Å²) in [7, 11) is -3.60. The van der Waals surface area contributed by atoms with Crippen molar-refractivity contribution in [2.45, 2.75) is 63.4 Å². The summed E-state index contributed by atoms with van der Waals surface area (Å²) in [6.07, 6.45) is 8.99. The van der Waals surface area contributed by atoms with E-state index in [0.29, 0.717) is 18.3 Å². The van der Waals surface area contributed by atoms with Crippen LogP contribution in [0.5, 0.6) is 5.75 Å². The van der Waals surface area contributed by atoms with Crippen molar-refractivity contribution in [3.8, 4) is 5.75 Å². The molecule has 0 bridgehead atoms. The Morgan fingerprint density at radius 3 is 2.30 bits per heavy atom. The minimum Gasteiger partial charge on any atom is -0.382 e. The standard InChI is InChI=1S/C18H26O4S/c19-23(20,14-18-8-4-5-13-21-18)22-17-11-9-16(10-12-17)15-6-2-1-3-7-15/h9-12,15,18H,1-8,13-14H2/t18-/m1/s1. The quantitative estimate of drug-likeness (QED) is 0.761. The second-order valence-electron chi connectivity index (χ2n) is 6.70. The van der Waals surface area contributed by atoms with Crippen LogP contribution in [0.15, 0.2) is 24.3 Å². The average molecular weight is 338 g/mol. The average Bonchev–Trinajstić information content (AvgIpc) is 2.56. The third-order valence-corrected chi connectivity index (χ3v) is 6.07. The van der Waals surface area contributed by atoms with Crippen molar-refractivity contribution < 1.29 is 17.3 Å². The predicted molar refractivity (Wildman–Crippen MR) is 90.3 cm³/mol. The summed E-state index contributed by atoms with van der Waals surface area (Å²) in [5.41, 5.74) is 1.30. The fourth-order valence-electron chi connectivity index (χ4n) is 3.58. The van der Waals surface area contributed by atoms with Gasteiger partial charge in [0.15, 0.2) is 0 Å². The Bertz CT molecular complexity index is 582. The normalized spacial score (nSPS) is 23.6. The summed E-state index contributed by atoms with van der Waals surface area (Å²) in [4.78, 5) is 0. The first-order valence-corrected chi connectivity index (χ1v) is 10.3. The highest BCUT2D eigenvalue weighted by atomic mass is 32.2. The summed E-state index contributed by atoms with van der Waals surface area (Å²) < 4.78 is 35.0. The van der Waals surface area contributed by atoms with Gasteiger partial charge in [-0.25, -0.2) is 0 Å². The molecule has 0 unspecified atom stereocenters. The van der Waals surface area contributed by atoms with Crippen LogP contribution in [-0.4, -0.2) is 26.9 Å². The van der Waals surface area contributed by atoms with Crippen molar-refractivity contribution in [2.24, 2.45) is 0 Å². The molecule has 0 amide bonds. The molecule has 2 fully saturated rings. The third-order valence-electron chi connectivity index (χ3n) is 4.84. The lowest BCUT2D eigenvalue weighted by Gasteiger charge is -2.23. The fraction of sp³-hybridized carbons (Fsp3) is 0.667. The first kappa shape index (κ1) is 16.8. The van der Waals surface area contributed by atoms with Gasteiger partial charge in [0, 0.05) is 6.61 Å². The van der Waals surface area contributed by atoms with Crippen LogP contribution in [0.2, 0.25) is 0 Å². The lowest BCUT2D eigenvalue weighted by molar-refractivity contribution is 0.0298. The maximum atomic E-state index is 12.2. The van der Waals surface area contributed by atoms with Gasteiger partial charge in [-0.3, -0.25) is 0 Å². The van der Waals surface area contributed by atoms with Gasteiger partial charge in [-0.15, -0.1) is 0 Å². The first-order valence-electron chi connectivity index (χ1n) is 8.76. The van der Waals surface area contributed by atoms with Gasteiger partial charge < -0.3 is 8.92 Å². The smallest absolute Gasteiger partial charge is 0.311 e. The highest BCUT2D eigenvalue weighted by Crippen LogP contribution is 2.33. The van der Waals surface area contributed by atoms with Crippen LogP contribution in [-0.2, 0) is 14.9 Å². The molecule has 1 atom stereocenters. The number of ether oxygens (including phenoxy) is 1. The van der Waals surface area contributed by atoms with E-state index >= 15 is 0 Å². The van der Waals surface area contributed by atoms with Crippen LogP contribution < -0.4 is 4.18 Å². The molecular formula is C18H26O4S. The molecular weight excluding hydrogens is 312 g/mol. The molecule has 1 aliphatic carbocycles. The third kappa shape index (κ3) is 4.95. The Hall–Kier alpha value is -1.07. The van der Waals surface area contributed by atoms with Crippen LogP contribution in [0.1, 0.15) is 62.8 Å².